The largest absolute Gasteiger partial charge is 0.373 e. The van der Waals surface area contributed by atoms with Gasteiger partial charge in [0.15, 0.2) is 5.96 Å². The summed E-state index contributed by atoms with van der Waals surface area (Å²) in [5.41, 5.74) is 0. The summed E-state index contributed by atoms with van der Waals surface area (Å²) in [4.78, 5) is 4.87. The van der Waals surface area contributed by atoms with Gasteiger partial charge in [-0.05, 0) is 50.9 Å². The highest BCUT2D eigenvalue weighted by Gasteiger charge is 2.41. The molecule has 134 valence electrons. The topological polar surface area (TPSA) is 45.7 Å². The molecule has 3 unspecified atom stereocenters. The van der Waals surface area contributed by atoms with E-state index in [0.29, 0.717) is 18.2 Å². The molecule has 2 saturated heterocycles. The third kappa shape index (κ3) is 5.21. The van der Waals surface area contributed by atoms with Crippen molar-refractivity contribution in [1.82, 2.24) is 10.6 Å². The van der Waals surface area contributed by atoms with Gasteiger partial charge in [0.05, 0.1) is 18.2 Å². The van der Waals surface area contributed by atoms with Crippen LogP contribution in [0.5, 0.6) is 0 Å². The van der Waals surface area contributed by atoms with Crippen molar-refractivity contribution >= 4 is 29.9 Å². The number of nitrogens with one attached hydrogen (secondary N) is 2. The van der Waals surface area contributed by atoms with Gasteiger partial charge in [-0.15, -0.1) is 24.0 Å². The van der Waals surface area contributed by atoms with Crippen LogP contribution in [-0.2, 0) is 4.74 Å². The van der Waals surface area contributed by atoms with Crippen LogP contribution in [0.3, 0.4) is 0 Å². The Bertz CT molecular complexity index is 382. The van der Waals surface area contributed by atoms with E-state index in [0.717, 1.165) is 37.3 Å². The van der Waals surface area contributed by atoms with Crippen LogP contribution in [0, 0.1) is 11.8 Å². The molecule has 0 aromatic carbocycles. The van der Waals surface area contributed by atoms with Gasteiger partial charge in [0, 0.05) is 13.1 Å². The van der Waals surface area contributed by atoms with Gasteiger partial charge in [0.25, 0.3) is 0 Å². The minimum atomic E-state index is 0. The molecule has 0 radical (unpaired) electrons. The molecule has 2 N–H and O–H groups in total. The lowest BCUT2D eigenvalue weighted by Gasteiger charge is -2.27. The van der Waals surface area contributed by atoms with Crippen molar-refractivity contribution in [1.29, 1.82) is 0 Å². The molecule has 2 aliphatic heterocycles. The summed E-state index contributed by atoms with van der Waals surface area (Å²) in [6.07, 6.45) is 11.4. The maximum absolute atomic E-state index is 5.94. The second kappa shape index (κ2) is 9.44. The number of hydrogen-bond donors (Lipinski definition) is 2. The smallest absolute Gasteiger partial charge is 0.191 e. The summed E-state index contributed by atoms with van der Waals surface area (Å²) < 4.78 is 5.94. The number of fused-ring (bicyclic) bond motifs is 2. The average molecular weight is 435 g/mol. The first-order valence-corrected chi connectivity index (χ1v) is 9.48. The van der Waals surface area contributed by atoms with Gasteiger partial charge in [-0.25, -0.2) is 0 Å². The molecule has 4 nitrogen and oxygen atoms in total. The number of rotatable bonds is 5. The van der Waals surface area contributed by atoms with Crippen LogP contribution in [0.1, 0.15) is 65.2 Å². The fraction of sp³-hybridized carbons (Fsp3) is 0.944. The summed E-state index contributed by atoms with van der Waals surface area (Å²) in [6, 6.07) is 0.465. The number of nitrogens with zero attached hydrogens (tertiary/aromatic N) is 1. The molecule has 3 atom stereocenters. The Kier molecular flexibility index (Phi) is 7.92. The van der Waals surface area contributed by atoms with Gasteiger partial charge in [-0.1, -0.05) is 26.2 Å². The molecule has 0 aromatic heterocycles. The molecule has 0 spiro atoms. The van der Waals surface area contributed by atoms with Crippen molar-refractivity contribution in [3.8, 4) is 0 Å². The summed E-state index contributed by atoms with van der Waals surface area (Å²) in [6.45, 7) is 6.37. The van der Waals surface area contributed by atoms with Crippen molar-refractivity contribution in [2.75, 3.05) is 13.1 Å². The predicted molar refractivity (Wildman–Crippen MR) is 107 cm³/mol. The second-order valence-electron chi connectivity index (χ2n) is 7.38. The molecule has 5 heteroatoms. The molecule has 3 rings (SSSR count). The lowest BCUT2D eigenvalue weighted by Crippen LogP contribution is -2.47. The first-order valence-electron chi connectivity index (χ1n) is 9.48. The summed E-state index contributed by atoms with van der Waals surface area (Å²) in [5.74, 6) is 2.76. The molecule has 3 aliphatic rings. The Balaban J connectivity index is 0.00000192. The monoisotopic (exact) mass is 435 g/mol. The summed E-state index contributed by atoms with van der Waals surface area (Å²) >= 11 is 0. The van der Waals surface area contributed by atoms with E-state index in [2.05, 4.69) is 24.5 Å². The number of guanidine groups is 1. The third-order valence-corrected chi connectivity index (χ3v) is 5.82. The van der Waals surface area contributed by atoms with Crippen molar-refractivity contribution in [3.63, 3.8) is 0 Å². The molecule has 3 fully saturated rings. The van der Waals surface area contributed by atoms with E-state index in [1.54, 1.807) is 0 Å². The van der Waals surface area contributed by atoms with Crippen LogP contribution in [0.4, 0.5) is 0 Å². The van der Waals surface area contributed by atoms with E-state index < -0.39 is 0 Å². The Labute approximate surface area is 158 Å². The van der Waals surface area contributed by atoms with E-state index >= 15 is 0 Å². The van der Waals surface area contributed by atoms with E-state index in [4.69, 9.17) is 9.73 Å². The Hall–Kier alpha value is -0.0400. The van der Waals surface area contributed by atoms with Crippen molar-refractivity contribution < 1.29 is 4.74 Å². The minimum absolute atomic E-state index is 0. The zero-order valence-corrected chi connectivity index (χ0v) is 17.1. The minimum Gasteiger partial charge on any atom is -0.373 e. The fourth-order valence-electron chi connectivity index (χ4n) is 4.33. The molecule has 0 aromatic rings. The van der Waals surface area contributed by atoms with Gasteiger partial charge >= 0.3 is 0 Å². The Morgan fingerprint density at radius 2 is 1.78 bits per heavy atom. The lowest BCUT2D eigenvalue weighted by molar-refractivity contribution is 0.0992. The van der Waals surface area contributed by atoms with Gasteiger partial charge < -0.3 is 15.4 Å². The van der Waals surface area contributed by atoms with Gasteiger partial charge in [-0.2, -0.15) is 0 Å². The van der Waals surface area contributed by atoms with Crippen LogP contribution in [0.25, 0.3) is 0 Å². The van der Waals surface area contributed by atoms with Gasteiger partial charge in [0.2, 0.25) is 0 Å². The normalized spacial score (nSPS) is 36.6. The lowest BCUT2D eigenvalue weighted by atomic mass is 9.81. The van der Waals surface area contributed by atoms with Crippen LogP contribution in [0.2, 0.25) is 0 Å². The van der Waals surface area contributed by atoms with Gasteiger partial charge in [0.1, 0.15) is 0 Å². The van der Waals surface area contributed by atoms with Gasteiger partial charge in [-0.3, -0.25) is 4.99 Å². The standard InChI is InChI=1S/C18H33N3O.HI/c1-3-13-5-7-14(8-6-13)12-20-18(19-4-2)21-16-11-15-9-10-17(16)22-15;/h13-17H,3-12H2,1-2H3,(H2,19,20,21);1H. The van der Waals surface area contributed by atoms with Crippen LogP contribution in [-0.4, -0.2) is 37.3 Å². The molecule has 2 heterocycles. The van der Waals surface area contributed by atoms with E-state index in [1.165, 1.54) is 44.9 Å². The van der Waals surface area contributed by atoms with E-state index in [-0.39, 0.29) is 24.0 Å². The first-order chi connectivity index (χ1) is 10.8. The van der Waals surface area contributed by atoms with Crippen molar-refractivity contribution in [2.24, 2.45) is 16.8 Å². The maximum atomic E-state index is 5.94. The SMILES string of the molecule is CCNC(=NCC1CCC(CC)CC1)NC1CC2CCC1O2.I. The predicted octanol–water partition coefficient (Wildman–Crippen LogP) is 3.70. The van der Waals surface area contributed by atoms with Crippen molar-refractivity contribution in [2.45, 2.75) is 83.5 Å². The second-order valence-corrected chi connectivity index (χ2v) is 7.38. The molecule has 1 aliphatic carbocycles. The number of aliphatic imine (C=N–C) groups is 1. The summed E-state index contributed by atoms with van der Waals surface area (Å²) in [7, 11) is 0. The molecule has 1 saturated carbocycles. The first kappa shape index (κ1) is 19.3. The number of ether oxygens (including phenoxy) is 1. The summed E-state index contributed by atoms with van der Waals surface area (Å²) in [5, 5.41) is 7.03. The highest BCUT2D eigenvalue weighted by Crippen LogP contribution is 2.34. The van der Waals surface area contributed by atoms with Crippen LogP contribution < -0.4 is 10.6 Å². The quantitative estimate of drug-likeness (QED) is 0.393. The molecule has 23 heavy (non-hydrogen) atoms. The highest BCUT2D eigenvalue weighted by molar-refractivity contribution is 14.0. The Morgan fingerprint density at radius 1 is 1.04 bits per heavy atom. The maximum Gasteiger partial charge on any atom is 0.191 e. The fourth-order valence-corrected chi connectivity index (χ4v) is 4.33. The van der Waals surface area contributed by atoms with Crippen molar-refractivity contribution in [3.05, 3.63) is 0 Å². The molecular formula is C18H34IN3O. The third-order valence-electron chi connectivity index (χ3n) is 5.82. The zero-order chi connectivity index (χ0) is 15.4. The molecular weight excluding hydrogens is 401 g/mol. The Morgan fingerprint density at radius 3 is 2.35 bits per heavy atom. The molecule has 2 bridgehead atoms. The number of halogens is 1. The van der Waals surface area contributed by atoms with E-state index in [1.807, 2.05) is 0 Å². The average Bonchev–Trinajstić information content (AvgIpc) is 3.16. The van der Waals surface area contributed by atoms with E-state index in [9.17, 15) is 0 Å². The number of hydrogen-bond acceptors (Lipinski definition) is 2. The molecule has 0 amide bonds. The van der Waals surface area contributed by atoms with Crippen LogP contribution in [0.15, 0.2) is 4.99 Å². The zero-order valence-electron chi connectivity index (χ0n) is 14.7. The van der Waals surface area contributed by atoms with Crippen LogP contribution >= 0.6 is 24.0 Å². The highest BCUT2D eigenvalue weighted by atomic mass is 127.